The summed E-state index contributed by atoms with van der Waals surface area (Å²) in [6.45, 7) is 2.76. The summed E-state index contributed by atoms with van der Waals surface area (Å²) >= 11 is 0. The smallest absolute Gasteiger partial charge is 0.508 e. The van der Waals surface area contributed by atoms with Crippen LogP contribution in [0.25, 0.3) is 0 Å². The Bertz CT molecular complexity index is 744. The van der Waals surface area contributed by atoms with E-state index >= 15 is 0 Å². The number of ether oxygens (including phenoxy) is 1. The molecule has 1 saturated heterocycles. The zero-order chi connectivity index (χ0) is 18.7. The van der Waals surface area contributed by atoms with E-state index in [0.717, 1.165) is 19.2 Å². The summed E-state index contributed by atoms with van der Waals surface area (Å²) in [5.41, 5.74) is 1.01. The third-order valence-corrected chi connectivity index (χ3v) is 4.23. The molecular weight excluding hydrogens is 352 g/mol. The van der Waals surface area contributed by atoms with Crippen LogP contribution >= 0.6 is 0 Å². The molecule has 0 saturated carbocycles. The summed E-state index contributed by atoms with van der Waals surface area (Å²) < 4.78 is 54.7. The van der Waals surface area contributed by atoms with E-state index in [-0.39, 0.29) is 11.5 Å². The number of alkyl halides is 3. The van der Waals surface area contributed by atoms with E-state index < -0.39 is 18.2 Å². The third-order valence-electron chi connectivity index (χ3n) is 4.23. The summed E-state index contributed by atoms with van der Waals surface area (Å²) in [5, 5.41) is 13.4. The number of hydrogen-bond acceptors (Lipinski definition) is 4. The second-order valence-electron chi connectivity index (χ2n) is 6.01. The lowest BCUT2D eigenvalue weighted by atomic mass is 9.95. The molecule has 1 fully saturated rings. The first-order valence-electron chi connectivity index (χ1n) is 8.12. The van der Waals surface area contributed by atoms with Crippen molar-refractivity contribution >= 4 is 0 Å². The van der Waals surface area contributed by atoms with E-state index in [1.807, 2.05) is 4.90 Å². The van der Waals surface area contributed by atoms with Gasteiger partial charge in [-0.3, -0.25) is 4.90 Å². The monoisotopic (exact) mass is 370 g/mol. The van der Waals surface area contributed by atoms with Gasteiger partial charge in [0.15, 0.2) is 0 Å². The molecule has 3 rings (SSSR count). The number of rotatable bonds is 4. The number of piperazine rings is 1. The van der Waals surface area contributed by atoms with E-state index in [0.29, 0.717) is 24.2 Å². The van der Waals surface area contributed by atoms with Crippen molar-refractivity contribution in [1.29, 1.82) is 0 Å². The highest BCUT2D eigenvalue weighted by Crippen LogP contribution is 2.36. The first-order valence-corrected chi connectivity index (χ1v) is 8.12. The van der Waals surface area contributed by atoms with Gasteiger partial charge in [-0.05, 0) is 35.9 Å². The van der Waals surface area contributed by atoms with Crippen LogP contribution in [-0.4, -0.2) is 42.5 Å². The maximum Gasteiger partial charge on any atom is 0.573 e. The predicted octanol–water partition coefficient (Wildman–Crippen LogP) is 3.42. The Balaban J connectivity index is 1.96. The average molecular weight is 370 g/mol. The average Bonchev–Trinajstić information content (AvgIpc) is 2.59. The molecule has 0 aromatic heterocycles. The fourth-order valence-corrected chi connectivity index (χ4v) is 3.12. The van der Waals surface area contributed by atoms with Crippen LogP contribution in [-0.2, 0) is 0 Å². The normalized spacial score (nSPS) is 17.1. The quantitative estimate of drug-likeness (QED) is 0.810. The molecule has 26 heavy (non-hydrogen) atoms. The van der Waals surface area contributed by atoms with Gasteiger partial charge >= 0.3 is 6.36 Å². The van der Waals surface area contributed by atoms with Gasteiger partial charge in [-0.1, -0.05) is 12.1 Å². The van der Waals surface area contributed by atoms with Crippen LogP contribution in [0.1, 0.15) is 17.2 Å². The summed E-state index contributed by atoms with van der Waals surface area (Å²) in [5.74, 6) is -0.885. The zero-order valence-corrected chi connectivity index (χ0v) is 13.8. The molecular formula is C18H18F4N2O2. The molecule has 1 aliphatic heterocycles. The Labute approximate surface area is 148 Å². The lowest BCUT2D eigenvalue weighted by Crippen LogP contribution is -2.45. The van der Waals surface area contributed by atoms with Crippen molar-refractivity contribution in [2.75, 3.05) is 26.2 Å². The fraction of sp³-hybridized carbons (Fsp3) is 0.333. The highest BCUT2D eigenvalue weighted by molar-refractivity contribution is 5.42. The molecule has 0 spiro atoms. The van der Waals surface area contributed by atoms with Gasteiger partial charge in [0.25, 0.3) is 0 Å². The van der Waals surface area contributed by atoms with Gasteiger partial charge < -0.3 is 15.2 Å². The van der Waals surface area contributed by atoms with Crippen molar-refractivity contribution in [3.05, 3.63) is 59.4 Å². The standard InChI is InChI=1S/C18H18F4N2O2/c19-13-3-6-16(25)15(11-13)17(24-9-7-23-8-10-24)12-1-4-14(5-2-12)26-18(20,21)22/h1-6,11,17,23,25H,7-10H2/t17-/m1/s1. The molecule has 2 N–H and O–H groups in total. The van der Waals surface area contributed by atoms with Crippen molar-refractivity contribution in [1.82, 2.24) is 10.2 Å². The number of phenols is 1. The SMILES string of the molecule is Oc1ccc(F)cc1[C@@H](c1ccc(OC(F)(F)F)cc1)N1CCNCC1. The number of nitrogens with zero attached hydrogens (tertiary/aromatic N) is 1. The van der Waals surface area contributed by atoms with Crippen molar-refractivity contribution < 1.29 is 27.4 Å². The Morgan fingerprint density at radius 2 is 1.69 bits per heavy atom. The molecule has 2 aromatic carbocycles. The van der Waals surface area contributed by atoms with Gasteiger partial charge in [-0.15, -0.1) is 13.2 Å². The number of nitrogens with one attached hydrogen (secondary N) is 1. The molecule has 0 radical (unpaired) electrons. The Hall–Kier alpha value is -2.32. The van der Waals surface area contributed by atoms with Crippen molar-refractivity contribution in [3.63, 3.8) is 0 Å². The largest absolute Gasteiger partial charge is 0.573 e. The maximum absolute atomic E-state index is 13.8. The third kappa shape index (κ3) is 4.44. The van der Waals surface area contributed by atoms with Gasteiger partial charge in [-0.25, -0.2) is 4.39 Å². The van der Waals surface area contributed by atoms with E-state index in [9.17, 15) is 22.7 Å². The fourth-order valence-electron chi connectivity index (χ4n) is 3.12. The van der Waals surface area contributed by atoms with E-state index in [1.165, 1.54) is 36.4 Å². The topological polar surface area (TPSA) is 44.7 Å². The van der Waals surface area contributed by atoms with Crippen molar-refractivity contribution in [3.8, 4) is 11.5 Å². The van der Waals surface area contributed by atoms with Gasteiger partial charge in [0, 0.05) is 31.7 Å². The molecule has 2 aromatic rings. The van der Waals surface area contributed by atoms with Gasteiger partial charge in [0.1, 0.15) is 17.3 Å². The number of halogens is 4. The predicted molar refractivity (Wildman–Crippen MR) is 87.5 cm³/mol. The number of hydrogen-bond donors (Lipinski definition) is 2. The molecule has 4 nitrogen and oxygen atoms in total. The van der Waals surface area contributed by atoms with Crippen molar-refractivity contribution in [2.24, 2.45) is 0 Å². The summed E-state index contributed by atoms with van der Waals surface area (Å²) in [4.78, 5) is 2.05. The van der Waals surface area contributed by atoms with Crippen LogP contribution < -0.4 is 10.1 Å². The van der Waals surface area contributed by atoms with Gasteiger partial charge in [0.2, 0.25) is 0 Å². The summed E-state index contributed by atoms with van der Waals surface area (Å²) in [7, 11) is 0. The van der Waals surface area contributed by atoms with Crippen LogP contribution in [0.4, 0.5) is 17.6 Å². The van der Waals surface area contributed by atoms with Crippen molar-refractivity contribution in [2.45, 2.75) is 12.4 Å². The Morgan fingerprint density at radius 1 is 1.04 bits per heavy atom. The molecule has 0 amide bonds. The number of benzene rings is 2. The van der Waals surface area contributed by atoms with E-state index in [4.69, 9.17) is 0 Å². The number of phenolic OH excluding ortho intramolecular Hbond substituents is 1. The Kier molecular flexibility index (Phi) is 5.33. The minimum Gasteiger partial charge on any atom is -0.508 e. The van der Waals surface area contributed by atoms with Crippen LogP contribution in [0.2, 0.25) is 0 Å². The minimum absolute atomic E-state index is 0.0643. The number of aromatic hydroxyl groups is 1. The lowest BCUT2D eigenvalue weighted by molar-refractivity contribution is -0.274. The Morgan fingerprint density at radius 3 is 2.31 bits per heavy atom. The minimum atomic E-state index is -4.76. The van der Waals surface area contributed by atoms with Crippen LogP contribution in [0.3, 0.4) is 0 Å². The zero-order valence-electron chi connectivity index (χ0n) is 13.8. The molecule has 1 atom stereocenters. The molecule has 0 bridgehead atoms. The highest BCUT2D eigenvalue weighted by Gasteiger charge is 2.31. The molecule has 0 unspecified atom stereocenters. The first-order chi connectivity index (χ1) is 12.3. The molecule has 1 heterocycles. The van der Waals surface area contributed by atoms with Crippen LogP contribution in [0.15, 0.2) is 42.5 Å². The van der Waals surface area contributed by atoms with E-state index in [2.05, 4.69) is 10.1 Å². The van der Waals surface area contributed by atoms with E-state index in [1.54, 1.807) is 0 Å². The molecule has 8 heteroatoms. The summed E-state index contributed by atoms with van der Waals surface area (Å²) in [6.07, 6.45) is -4.76. The van der Waals surface area contributed by atoms with Gasteiger partial charge in [-0.2, -0.15) is 0 Å². The molecule has 140 valence electrons. The molecule has 1 aliphatic rings. The highest BCUT2D eigenvalue weighted by atomic mass is 19.4. The lowest BCUT2D eigenvalue weighted by Gasteiger charge is -2.35. The molecule has 0 aliphatic carbocycles. The second kappa shape index (κ2) is 7.51. The summed E-state index contributed by atoms with van der Waals surface area (Å²) in [6, 6.07) is 8.64. The van der Waals surface area contributed by atoms with Crippen LogP contribution in [0, 0.1) is 5.82 Å². The van der Waals surface area contributed by atoms with Crippen LogP contribution in [0.5, 0.6) is 11.5 Å². The maximum atomic E-state index is 13.8. The first kappa shape index (κ1) is 18.5. The van der Waals surface area contributed by atoms with Gasteiger partial charge in [0.05, 0.1) is 6.04 Å². The second-order valence-corrected chi connectivity index (χ2v) is 6.01.